The van der Waals surface area contributed by atoms with Crippen molar-refractivity contribution in [3.05, 3.63) is 97.0 Å². The lowest BCUT2D eigenvalue weighted by Gasteiger charge is -2.13. The minimum atomic E-state index is -5.22. The lowest BCUT2D eigenvalue weighted by atomic mass is 9.97. The molecule has 0 heterocycles. The van der Waals surface area contributed by atoms with Gasteiger partial charge in [0.2, 0.25) is 11.7 Å². The molecule has 3 aromatic rings. The largest absolute Gasteiger partial charge is 0.450 e. The van der Waals surface area contributed by atoms with Gasteiger partial charge in [0, 0.05) is 35.6 Å². The number of hydrogen-bond acceptors (Lipinski definition) is 3. The van der Waals surface area contributed by atoms with Crippen molar-refractivity contribution in [2.24, 2.45) is 5.92 Å². The van der Waals surface area contributed by atoms with E-state index in [1.165, 1.54) is 31.2 Å². The minimum Gasteiger partial charge on any atom is -0.326 e. The molecule has 42 heavy (non-hydrogen) atoms. The summed E-state index contributed by atoms with van der Waals surface area (Å²) in [7, 11) is 0. The normalized spacial score (nSPS) is 17.6. The van der Waals surface area contributed by atoms with Gasteiger partial charge in [-0.1, -0.05) is 46.9 Å². The molecular formula is C28H17Cl5F5NO3. The van der Waals surface area contributed by atoms with Crippen molar-refractivity contribution in [3.63, 3.8) is 0 Å². The Morgan fingerprint density at radius 2 is 1.60 bits per heavy atom. The summed E-state index contributed by atoms with van der Waals surface area (Å²) in [6.07, 6.45) is -7.52. The maximum atomic E-state index is 14.9. The van der Waals surface area contributed by atoms with Crippen molar-refractivity contribution in [1.82, 2.24) is 0 Å². The number of rotatable bonds is 8. The monoisotopic (exact) mass is 685 g/mol. The Balaban J connectivity index is 1.56. The molecule has 0 spiro atoms. The first-order valence-electron chi connectivity index (χ1n) is 12.0. The SMILES string of the molecule is Cc1cc(NC(=O)[C@H]2[C@H](c3ccc(Cl)c(Cl)c3)C2(Cl)Cl)cc(C(=O)Cc2c(F)ccc(CC(=O)C(F)(F)F)c2F)c1Cl. The number of hydrogen-bond donors (Lipinski definition) is 1. The van der Waals surface area contributed by atoms with E-state index in [0.717, 1.165) is 0 Å². The van der Waals surface area contributed by atoms with E-state index in [1.54, 1.807) is 6.07 Å². The molecule has 2 atom stereocenters. The van der Waals surface area contributed by atoms with Crippen LogP contribution in [0.4, 0.5) is 27.6 Å². The van der Waals surface area contributed by atoms with Crippen molar-refractivity contribution in [2.75, 3.05) is 5.32 Å². The molecule has 1 fully saturated rings. The Hall–Kier alpha value is -2.43. The molecule has 14 heteroatoms. The highest BCUT2D eigenvalue weighted by atomic mass is 35.5. The molecule has 4 rings (SSSR count). The highest BCUT2D eigenvalue weighted by Crippen LogP contribution is 2.65. The summed E-state index contributed by atoms with van der Waals surface area (Å²) in [5.74, 6) is -7.95. The average Bonchev–Trinajstić information content (AvgIpc) is 3.48. The van der Waals surface area contributed by atoms with Crippen LogP contribution in [0.2, 0.25) is 15.1 Å². The van der Waals surface area contributed by atoms with E-state index in [9.17, 15) is 36.3 Å². The van der Waals surface area contributed by atoms with Gasteiger partial charge in [0.25, 0.3) is 0 Å². The van der Waals surface area contributed by atoms with Crippen molar-refractivity contribution < 1.29 is 36.3 Å². The van der Waals surface area contributed by atoms with Gasteiger partial charge in [-0.05, 0) is 53.9 Å². The van der Waals surface area contributed by atoms with Crippen molar-refractivity contribution >= 4 is 81.2 Å². The molecule has 1 amide bonds. The third kappa shape index (κ3) is 6.55. The lowest BCUT2D eigenvalue weighted by molar-refractivity contribution is -0.170. The summed E-state index contributed by atoms with van der Waals surface area (Å²) in [4.78, 5) is 37.6. The van der Waals surface area contributed by atoms with Gasteiger partial charge in [0.05, 0.1) is 21.0 Å². The van der Waals surface area contributed by atoms with Gasteiger partial charge < -0.3 is 5.32 Å². The molecule has 4 nitrogen and oxygen atoms in total. The fourth-order valence-electron chi connectivity index (χ4n) is 4.51. The predicted octanol–water partition coefficient (Wildman–Crippen LogP) is 8.86. The third-order valence-electron chi connectivity index (χ3n) is 6.73. The first-order chi connectivity index (χ1) is 19.4. The third-order valence-corrected chi connectivity index (χ3v) is 8.91. The number of carbonyl (C=O) groups excluding carboxylic acids is 3. The second kappa shape index (κ2) is 11.9. The van der Waals surface area contributed by atoms with Crippen molar-refractivity contribution in [3.8, 4) is 0 Å². The predicted molar refractivity (Wildman–Crippen MR) is 151 cm³/mol. The van der Waals surface area contributed by atoms with Gasteiger partial charge in [0.15, 0.2) is 5.78 Å². The molecule has 0 saturated heterocycles. The number of amides is 1. The van der Waals surface area contributed by atoms with Gasteiger partial charge in [0.1, 0.15) is 16.0 Å². The average molecular weight is 688 g/mol. The molecule has 1 aliphatic carbocycles. The number of alkyl halides is 5. The summed E-state index contributed by atoms with van der Waals surface area (Å²) in [6.45, 7) is 1.52. The van der Waals surface area contributed by atoms with Crippen LogP contribution >= 0.6 is 58.0 Å². The molecule has 0 bridgehead atoms. The molecule has 1 aliphatic rings. The summed E-state index contributed by atoms with van der Waals surface area (Å²) < 4.78 is 65.9. The lowest BCUT2D eigenvalue weighted by Crippen LogP contribution is -2.25. The van der Waals surface area contributed by atoms with E-state index in [2.05, 4.69) is 5.32 Å². The van der Waals surface area contributed by atoms with E-state index in [0.29, 0.717) is 28.3 Å². The van der Waals surface area contributed by atoms with Crippen LogP contribution < -0.4 is 5.32 Å². The first kappa shape index (κ1) is 32.5. The molecular weight excluding hydrogens is 671 g/mol. The van der Waals surface area contributed by atoms with Gasteiger partial charge in [-0.25, -0.2) is 8.78 Å². The smallest absolute Gasteiger partial charge is 0.326 e. The van der Waals surface area contributed by atoms with Crippen LogP contribution in [0.5, 0.6) is 0 Å². The van der Waals surface area contributed by atoms with E-state index in [1.807, 2.05) is 0 Å². The standard InChI is InChI=1S/C28H17Cl5F5NO3/c1-11-6-14(39-26(42)23-22(27(23,32)33)12-2-4-17(29)18(30)7-12)9-16(24(11)31)20(40)10-15-19(34)5-3-13(25(15)35)8-21(41)28(36,37)38/h2-7,9,22-23H,8,10H2,1H3,(H,39,42)/t22-,23+/m0/s1. The van der Waals surface area contributed by atoms with Crippen LogP contribution in [0.1, 0.15) is 38.5 Å². The van der Waals surface area contributed by atoms with Gasteiger partial charge >= 0.3 is 6.18 Å². The molecule has 1 saturated carbocycles. The molecule has 0 aromatic heterocycles. The Labute approximate surface area is 261 Å². The van der Waals surface area contributed by atoms with Crippen LogP contribution in [-0.2, 0) is 22.4 Å². The Kier molecular flexibility index (Phi) is 9.22. The second-order valence-corrected chi connectivity index (χ2v) is 12.3. The van der Waals surface area contributed by atoms with Crippen molar-refractivity contribution in [1.29, 1.82) is 0 Å². The summed E-state index contributed by atoms with van der Waals surface area (Å²) in [5, 5.41) is 3.07. The Bertz CT molecular complexity index is 1630. The number of nitrogens with one attached hydrogen (secondary N) is 1. The quantitative estimate of drug-likeness (QED) is 0.146. The summed E-state index contributed by atoms with van der Waals surface area (Å²) >= 11 is 31.1. The van der Waals surface area contributed by atoms with Gasteiger partial charge in [-0.15, -0.1) is 23.2 Å². The van der Waals surface area contributed by atoms with Crippen LogP contribution in [-0.4, -0.2) is 28.0 Å². The molecule has 0 unspecified atom stereocenters. The number of benzene rings is 3. The summed E-state index contributed by atoms with van der Waals surface area (Å²) in [5.41, 5.74) is -0.797. The molecule has 0 radical (unpaired) electrons. The maximum absolute atomic E-state index is 14.9. The van der Waals surface area contributed by atoms with Gasteiger partial charge in [-0.2, -0.15) is 13.2 Å². The highest BCUT2D eigenvalue weighted by molar-refractivity contribution is 6.53. The number of Topliss-reactive ketones (excluding diaryl/α,β-unsaturated/α-hetero) is 2. The number of halogens is 10. The molecule has 0 aliphatic heterocycles. The topological polar surface area (TPSA) is 63.2 Å². The fourth-order valence-corrected chi connectivity index (χ4v) is 5.86. The number of carbonyl (C=O) groups is 3. The summed E-state index contributed by atoms with van der Waals surface area (Å²) in [6, 6.07) is 8.70. The zero-order valence-electron chi connectivity index (χ0n) is 21.1. The zero-order valence-corrected chi connectivity index (χ0v) is 24.9. The number of anilines is 1. The van der Waals surface area contributed by atoms with Gasteiger partial charge in [-0.3, -0.25) is 14.4 Å². The first-order valence-corrected chi connectivity index (χ1v) is 13.8. The molecule has 1 N–H and O–H groups in total. The fraction of sp³-hybridized carbons (Fsp3) is 0.250. The van der Waals surface area contributed by atoms with E-state index in [-0.39, 0.29) is 21.3 Å². The number of aryl methyl sites for hydroxylation is 1. The van der Waals surface area contributed by atoms with E-state index in [4.69, 9.17) is 58.0 Å². The van der Waals surface area contributed by atoms with Crippen LogP contribution in [0, 0.1) is 24.5 Å². The van der Waals surface area contributed by atoms with E-state index >= 15 is 0 Å². The molecule has 222 valence electrons. The highest BCUT2D eigenvalue weighted by Gasteiger charge is 2.67. The maximum Gasteiger partial charge on any atom is 0.450 e. The van der Waals surface area contributed by atoms with Crippen LogP contribution in [0.25, 0.3) is 0 Å². The van der Waals surface area contributed by atoms with Crippen LogP contribution in [0.15, 0.2) is 42.5 Å². The van der Waals surface area contributed by atoms with Crippen molar-refractivity contribution in [2.45, 2.75) is 36.2 Å². The Morgan fingerprint density at radius 1 is 0.929 bits per heavy atom. The zero-order chi connectivity index (χ0) is 31.3. The minimum absolute atomic E-state index is 0.0774. The van der Waals surface area contributed by atoms with Crippen LogP contribution in [0.3, 0.4) is 0 Å². The van der Waals surface area contributed by atoms with E-state index < -0.39 is 75.4 Å². The number of ketones is 2. The Morgan fingerprint density at radius 3 is 2.21 bits per heavy atom. The second-order valence-electron chi connectivity index (χ2n) is 9.64. The molecule has 3 aromatic carbocycles.